The third-order valence-electron chi connectivity index (χ3n) is 4.20. The van der Waals surface area contributed by atoms with Crippen molar-refractivity contribution in [3.63, 3.8) is 0 Å². The first-order valence-electron chi connectivity index (χ1n) is 8.97. The molecule has 3 rings (SSSR count). The van der Waals surface area contributed by atoms with Crippen LogP contribution in [0.2, 0.25) is 0 Å². The molecule has 1 aliphatic heterocycles. The molecule has 1 unspecified atom stereocenters. The monoisotopic (exact) mass is 384 g/mol. The molecule has 0 saturated carbocycles. The number of carbonyl (C=O) groups excluding carboxylic acids is 1. The molecule has 0 aliphatic carbocycles. The topological polar surface area (TPSA) is 95.4 Å². The van der Waals surface area contributed by atoms with E-state index in [1.165, 1.54) is 18.2 Å². The molecule has 0 aromatic heterocycles. The summed E-state index contributed by atoms with van der Waals surface area (Å²) >= 11 is 0. The fourth-order valence-electron chi connectivity index (χ4n) is 2.87. The maximum atomic E-state index is 14.4. The minimum absolute atomic E-state index is 0.0411. The lowest BCUT2D eigenvalue weighted by atomic mass is 10.1. The predicted molar refractivity (Wildman–Crippen MR) is 103 cm³/mol. The molecule has 0 radical (unpaired) electrons. The SMILES string of the molecule is CCOc1ccc(C#N)cc1NC(=O)Nc1ccc(C2CNCCO2)cc1F. The Labute approximate surface area is 162 Å². The van der Waals surface area contributed by atoms with Crippen molar-refractivity contribution in [2.24, 2.45) is 0 Å². The molecule has 0 bridgehead atoms. The van der Waals surface area contributed by atoms with Gasteiger partial charge in [0.2, 0.25) is 0 Å². The Morgan fingerprint density at radius 3 is 2.82 bits per heavy atom. The molecule has 1 aliphatic rings. The number of morpholine rings is 1. The molecule has 7 nitrogen and oxygen atoms in total. The highest BCUT2D eigenvalue weighted by molar-refractivity contribution is 6.00. The second kappa shape index (κ2) is 9.17. The van der Waals surface area contributed by atoms with Crippen LogP contribution in [0.4, 0.5) is 20.6 Å². The molecule has 1 atom stereocenters. The van der Waals surface area contributed by atoms with Gasteiger partial charge in [-0.05, 0) is 42.8 Å². The minimum Gasteiger partial charge on any atom is -0.492 e. The first-order valence-corrected chi connectivity index (χ1v) is 8.97. The summed E-state index contributed by atoms with van der Waals surface area (Å²) in [5.74, 6) is -0.132. The Morgan fingerprint density at radius 2 is 2.14 bits per heavy atom. The highest BCUT2D eigenvalue weighted by Gasteiger charge is 2.18. The molecule has 1 heterocycles. The van der Waals surface area contributed by atoms with Gasteiger partial charge in [0.25, 0.3) is 0 Å². The Morgan fingerprint density at radius 1 is 1.32 bits per heavy atom. The van der Waals surface area contributed by atoms with Gasteiger partial charge in [0.05, 0.1) is 42.3 Å². The van der Waals surface area contributed by atoms with Crippen molar-refractivity contribution >= 4 is 17.4 Å². The number of carbonyl (C=O) groups is 1. The van der Waals surface area contributed by atoms with Gasteiger partial charge < -0.3 is 25.4 Å². The van der Waals surface area contributed by atoms with Crippen LogP contribution in [-0.4, -0.2) is 32.3 Å². The van der Waals surface area contributed by atoms with Gasteiger partial charge in [-0.25, -0.2) is 9.18 Å². The predicted octanol–water partition coefficient (Wildman–Crippen LogP) is 3.40. The average Bonchev–Trinajstić information content (AvgIpc) is 2.71. The third-order valence-corrected chi connectivity index (χ3v) is 4.20. The van der Waals surface area contributed by atoms with Crippen LogP contribution in [0, 0.1) is 17.1 Å². The number of hydrogen-bond donors (Lipinski definition) is 3. The van der Waals surface area contributed by atoms with E-state index in [2.05, 4.69) is 16.0 Å². The molecule has 3 N–H and O–H groups in total. The standard InChI is InChI=1S/C20H21FN4O3/c1-2-27-18-6-3-13(11-22)9-17(18)25-20(26)24-16-5-4-14(10-15(16)21)19-12-23-7-8-28-19/h3-6,9-10,19,23H,2,7-8,12H2,1H3,(H2,24,25,26). The summed E-state index contributed by atoms with van der Waals surface area (Å²) in [5.41, 5.74) is 1.45. The maximum absolute atomic E-state index is 14.4. The van der Waals surface area contributed by atoms with Crippen molar-refractivity contribution < 1.29 is 18.7 Å². The maximum Gasteiger partial charge on any atom is 0.323 e. The van der Waals surface area contributed by atoms with Gasteiger partial charge in [-0.15, -0.1) is 0 Å². The molecule has 8 heteroatoms. The summed E-state index contributed by atoms with van der Waals surface area (Å²) in [5, 5.41) is 17.3. The fourth-order valence-corrected chi connectivity index (χ4v) is 2.87. The molecule has 2 aromatic carbocycles. The number of hydrogen-bond acceptors (Lipinski definition) is 5. The molecule has 2 aromatic rings. The van der Waals surface area contributed by atoms with E-state index in [0.29, 0.717) is 42.3 Å². The zero-order valence-corrected chi connectivity index (χ0v) is 15.4. The van der Waals surface area contributed by atoms with Gasteiger partial charge >= 0.3 is 6.03 Å². The number of anilines is 2. The number of nitrogens with zero attached hydrogens (tertiary/aromatic N) is 1. The fraction of sp³-hybridized carbons (Fsp3) is 0.300. The third kappa shape index (κ3) is 4.76. The van der Waals surface area contributed by atoms with Gasteiger partial charge in [-0.1, -0.05) is 6.07 Å². The van der Waals surface area contributed by atoms with E-state index in [-0.39, 0.29) is 11.8 Å². The van der Waals surface area contributed by atoms with Crippen molar-refractivity contribution in [1.29, 1.82) is 5.26 Å². The largest absolute Gasteiger partial charge is 0.492 e. The molecular weight excluding hydrogens is 363 g/mol. The van der Waals surface area contributed by atoms with Crippen LogP contribution >= 0.6 is 0 Å². The van der Waals surface area contributed by atoms with Crippen molar-refractivity contribution in [1.82, 2.24) is 5.32 Å². The normalized spacial score (nSPS) is 16.1. The van der Waals surface area contributed by atoms with E-state index >= 15 is 0 Å². The molecular formula is C20H21FN4O3. The van der Waals surface area contributed by atoms with Crippen LogP contribution in [0.5, 0.6) is 5.75 Å². The quantitative estimate of drug-likeness (QED) is 0.734. The van der Waals surface area contributed by atoms with E-state index in [1.807, 2.05) is 13.0 Å². The van der Waals surface area contributed by atoms with Crippen molar-refractivity contribution in [3.05, 3.63) is 53.3 Å². The zero-order chi connectivity index (χ0) is 19.9. The average molecular weight is 384 g/mol. The molecule has 146 valence electrons. The van der Waals surface area contributed by atoms with Crippen LogP contribution in [0.3, 0.4) is 0 Å². The van der Waals surface area contributed by atoms with Gasteiger partial charge in [0.1, 0.15) is 11.6 Å². The molecule has 1 fully saturated rings. The van der Waals surface area contributed by atoms with Gasteiger partial charge in [-0.2, -0.15) is 5.26 Å². The van der Waals surface area contributed by atoms with E-state index < -0.39 is 11.8 Å². The summed E-state index contributed by atoms with van der Waals surface area (Å²) in [7, 11) is 0. The number of benzene rings is 2. The Balaban J connectivity index is 1.70. The Bertz CT molecular complexity index is 892. The van der Waals surface area contributed by atoms with Crippen LogP contribution in [0.25, 0.3) is 0 Å². The number of amides is 2. The first kappa shape index (κ1) is 19.6. The Hall–Kier alpha value is -3.15. The summed E-state index contributed by atoms with van der Waals surface area (Å²) in [6.45, 7) is 4.16. The van der Waals surface area contributed by atoms with Crippen molar-refractivity contribution in [2.75, 3.05) is 36.9 Å². The number of rotatable bonds is 5. The number of urea groups is 1. The highest BCUT2D eigenvalue weighted by atomic mass is 19.1. The lowest BCUT2D eigenvalue weighted by Crippen LogP contribution is -2.33. The number of ether oxygens (including phenoxy) is 2. The lowest BCUT2D eigenvalue weighted by Gasteiger charge is -2.24. The van der Waals surface area contributed by atoms with E-state index in [9.17, 15) is 9.18 Å². The van der Waals surface area contributed by atoms with Crippen molar-refractivity contribution in [3.8, 4) is 11.8 Å². The van der Waals surface area contributed by atoms with Gasteiger partial charge in [-0.3, -0.25) is 0 Å². The van der Waals surface area contributed by atoms with E-state index in [0.717, 1.165) is 6.54 Å². The lowest BCUT2D eigenvalue weighted by molar-refractivity contribution is 0.0275. The van der Waals surface area contributed by atoms with Crippen LogP contribution in [-0.2, 0) is 4.74 Å². The first-order chi connectivity index (χ1) is 13.6. The second-order valence-electron chi connectivity index (χ2n) is 6.14. The number of nitriles is 1. The van der Waals surface area contributed by atoms with Crippen LogP contribution < -0.4 is 20.7 Å². The van der Waals surface area contributed by atoms with Gasteiger partial charge in [0, 0.05) is 13.1 Å². The second-order valence-corrected chi connectivity index (χ2v) is 6.14. The summed E-state index contributed by atoms with van der Waals surface area (Å²) in [6.07, 6.45) is -0.214. The van der Waals surface area contributed by atoms with E-state index in [4.69, 9.17) is 14.7 Å². The summed E-state index contributed by atoms with van der Waals surface area (Å²) in [6, 6.07) is 10.6. The minimum atomic E-state index is -0.640. The van der Waals surface area contributed by atoms with Crippen LogP contribution in [0.15, 0.2) is 36.4 Å². The number of halogens is 1. The molecule has 0 spiro atoms. The van der Waals surface area contributed by atoms with Crippen molar-refractivity contribution in [2.45, 2.75) is 13.0 Å². The summed E-state index contributed by atoms with van der Waals surface area (Å²) in [4.78, 5) is 12.3. The van der Waals surface area contributed by atoms with Crippen LogP contribution in [0.1, 0.15) is 24.2 Å². The number of nitrogens with one attached hydrogen (secondary N) is 3. The molecule has 28 heavy (non-hydrogen) atoms. The summed E-state index contributed by atoms with van der Waals surface area (Å²) < 4.78 is 25.5. The molecule has 2 amide bonds. The molecule has 1 saturated heterocycles. The highest BCUT2D eigenvalue weighted by Crippen LogP contribution is 2.27. The Kier molecular flexibility index (Phi) is 6.42. The zero-order valence-electron chi connectivity index (χ0n) is 15.4. The van der Waals surface area contributed by atoms with E-state index in [1.54, 1.807) is 18.2 Å². The van der Waals surface area contributed by atoms with Gasteiger partial charge in [0.15, 0.2) is 0 Å². The smallest absolute Gasteiger partial charge is 0.323 e.